The highest BCUT2D eigenvalue weighted by molar-refractivity contribution is 5.79. The summed E-state index contributed by atoms with van der Waals surface area (Å²) in [7, 11) is 6.15. The molecule has 1 aromatic carbocycles. The largest absolute Gasteiger partial charge is 0.493 e. The van der Waals surface area contributed by atoms with E-state index in [1.807, 2.05) is 13.1 Å². The Kier molecular flexibility index (Phi) is 6.19. The first-order valence-electron chi connectivity index (χ1n) is 9.49. The van der Waals surface area contributed by atoms with Crippen molar-refractivity contribution in [3.8, 4) is 5.75 Å². The maximum absolute atomic E-state index is 5.99. The summed E-state index contributed by atoms with van der Waals surface area (Å²) in [5.74, 6) is 3.43. The number of rotatable bonds is 9. The van der Waals surface area contributed by atoms with Gasteiger partial charge >= 0.3 is 0 Å². The van der Waals surface area contributed by atoms with E-state index in [1.165, 1.54) is 31.2 Å². The fourth-order valence-electron chi connectivity index (χ4n) is 3.14. The molecule has 2 fully saturated rings. The molecule has 0 heterocycles. The van der Waals surface area contributed by atoms with E-state index in [1.54, 1.807) is 0 Å². The van der Waals surface area contributed by atoms with E-state index in [0.717, 1.165) is 43.2 Å². The number of guanidine groups is 1. The number of ether oxygens (including phenoxy) is 1. The summed E-state index contributed by atoms with van der Waals surface area (Å²) in [6, 6.07) is 8.86. The Hall–Kier alpha value is -1.75. The maximum atomic E-state index is 5.99. The minimum absolute atomic E-state index is 0.577. The molecule has 5 heteroatoms. The molecule has 2 N–H and O–H groups in total. The van der Waals surface area contributed by atoms with Crippen molar-refractivity contribution in [1.29, 1.82) is 0 Å². The van der Waals surface area contributed by atoms with E-state index in [-0.39, 0.29) is 0 Å². The third kappa shape index (κ3) is 5.63. The number of hydrogen-bond donors (Lipinski definition) is 2. The van der Waals surface area contributed by atoms with Gasteiger partial charge in [0.15, 0.2) is 5.96 Å². The molecule has 2 aliphatic rings. The summed E-state index contributed by atoms with van der Waals surface area (Å²) < 4.78 is 5.99. The van der Waals surface area contributed by atoms with E-state index in [0.29, 0.717) is 6.04 Å². The lowest BCUT2D eigenvalue weighted by Crippen LogP contribution is -2.45. The number of para-hydroxylation sites is 1. The van der Waals surface area contributed by atoms with E-state index in [4.69, 9.17) is 4.74 Å². The van der Waals surface area contributed by atoms with E-state index in [9.17, 15) is 0 Å². The van der Waals surface area contributed by atoms with Gasteiger partial charge in [-0.05, 0) is 57.7 Å². The molecule has 25 heavy (non-hydrogen) atoms. The number of hydrogen-bond acceptors (Lipinski definition) is 3. The Balaban J connectivity index is 1.49. The van der Waals surface area contributed by atoms with Gasteiger partial charge in [-0.25, -0.2) is 0 Å². The van der Waals surface area contributed by atoms with Gasteiger partial charge in [0, 0.05) is 31.7 Å². The van der Waals surface area contributed by atoms with Gasteiger partial charge in [0.1, 0.15) is 5.75 Å². The van der Waals surface area contributed by atoms with Crippen LogP contribution in [0.4, 0.5) is 0 Å². The van der Waals surface area contributed by atoms with Crippen LogP contribution in [0, 0.1) is 11.8 Å². The Bertz CT molecular complexity index is 577. The first kappa shape index (κ1) is 18.1. The van der Waals surface area contributed by atoms with Crippen LogP contribution < -0.4 is 15.4 Å². The average Bonchev–Trinajstić information content (AvgIpc) is 3.50. The second-order valence-corrected chi connectivity index (χ2v) is 7.54. The van der Waals surface area contributed by atoms with Gasteiger partial charge < -0.3 is 20.3 Å². The fraction of sp³-hybridized carbons (Fsp3) is 0.650. The predicted molar refractivity (Wildman–Crippen MR) is 103 cm³/mol. The normalized spacial score (nSPS) is 19.0. The van der Waals surface area contributed by atoms with Crippen LogP contribution in [0.5, 0.6) is 5.75 Å². The zero-order valence-electron chi connectivity index (χ0n) is 15.8. The van der Waals surface area contributed by atoms with Crippen molar-refractivity contribution in [3.63, 3.8) is 0 Å². The first-order valence-corrected chi connectivity index (χ1v) is 9.49. The summed E-state index contributed by atoms with van der Waals surface area (Å²) in [5.41, 5.74) is 1.18. The molecule has 0 aromatic heterocycles. The highest BCUT2D eigenvalue weighted by Crippen LogP contribution is 2.34. The number of nitrogens with one attached hydrogen (secondary N) is 2. The molecule has 0 saturated heterocycles. The van der Waals surface area contributed by atoms with Gasteiger partial charge in [0.25, 0.3) is 0 Å². The quantitative estimate of drug-likeness (QED) is 0.534. The monoisotopic (exact) mass is 344 g/mol. The van der Waals surface area contributed by atoms with Gasteiger partial charge in [-0.1, -0.05) is 18.2 Å². The van der Waals surface area contributed by atoms with Gasteiger partial charge in [-0.15, -0.1) is 0 Å². The minimum Gasteiger partial charge on any atom is -0.493 e. The molecule has 5 nitrogen and oxygen atoms in total. The number of likely N-dealkylation sites (N-methyl/N-ethyl adjacent to an activating group) is 1. The predicted octanol–water partition coefficient (Wildman–Crippen LogP) is 2.48. The molecular formula is C20H32N4O. The summed E-state index contributed by atoms with van der Waals surface area (Å²) in [5, 5.41) is 6.90. The van der Waals surface area contributed by atoms with Gasteiger partial charge in [0.2, 0.25) is 0 Å². The topological polar surface area (TPSA) is 48.9 Å². The van der Waals surface area contributed by atoms with Crippen LogP contribution in [0.1, 0.15) is 31.2 Å². The molecule has 138 valence electrons. The molecule has 3 rings (SSSR count). The maximum Gasteiger partial charge on any atom is 0.191 e. The Morgan fingerprint density at radius 1 is 1.20 bits per heavy atom. The summed E-state index contributed by atoms with van der Waals surface area (Å²) in [6.45, 7) is 2.49. The molecule has 2 saturated carbocycles. The molecule has 2 aliphatic carbocycles. The van der Waals surface area contributed by atoms with Crippen LogP contribution >= 0.6 is 0 Å². The smallest absolute Gasteiger partial charge is 0.191 e. The second kappa shape index (κ2) is 8.56. The number of nitrogens with zero attached hydrogens (tertiary/aromatic N) is 2. The van der Waals surface area contributed by atoms with E-state index in [2.05, 4.69) is 52.8 Å². The number of aliphatic imine (C=N–C) groups is 1. The molecule has 0 aliphatic heterocycles. The Morgan fingerprint density at radius 3 is 2.60 bits per heavy atom. The van der Waals surface area contributed by atoms with Crippen LogP contribution in [0.15, 0.2) is 29.3 Å². The molecular weight excluding hydrogens is 312 g/mol. The zero-order chi connectivity index (χ0) is 17.6. The molecule has 1 unspecified atom stereocenters. The van der Waals surface area contributed by atoms with Crippen molar-refractivity contribution in [1.82, 2.24) is 15.5 Å². The van der Waals surface area contributed by atoms with Crippen LogP contribution in [0.2, 0.25) is 0 Å². The van der Waals surface area contributed by atoms with Crippen molar-refractivity contribution < 1.29 is 4.74 Å². The summed E-state index contributed by atoms with van der Waals surface area (Å²) in [4.78, 5) is 6.68. The molecule has 0 bridgehead atoms. The van der Waals surface area contributed by atoms with Crippen LogP contribution in [0.25, 0.3) is 0 Å². The SMILES string of the molecule is CN=C(NCc1ccccc1OCC1CC1)NCC(C1CC1)N(C)C. The Morgan fingerprint density at radius 2 is 1.96 bits per heavy atom. The lowest BCUT2D eigenvalue weighted by atomic mass is 10.1. The second-order valence-electron chi connectivity index (χ2n) is 7.54. The summed E-state index contributed by atoms with van der Waals surface area (Å²) >= 11 is 0. The van der Waals surface area contributed by atoms with Crippen LogP contribution in [-0.2, 0) is 6.54 Å². The van der Waals surface area contributed by atoms with Gasteiger partial charge in [-0.2, -0.15) is 0 Å². The zero-order valence-corrected chi connectivity index (χ0v) is 15.8. The van der Waals surface area contributed by atoms with Gasteiger partial charge in [-0.3, -0.25) is 4.99 Å². The van der Waals surface area contributed by atoms with Crippen molar-refractivity contribution in [3.05, 3.63) is 29.8 Å². The third-order valence-corrected chi connectivity index (χ3v) is 5.12. The highest BCUT2D eigenvalue weighted by Gasteiger charge is 2.32. The third-order valence-electron chi connectivity index (χ3n) is 5.12. The minimum atomic E-state index is 0.577. The van der Waals surface area contributed by atoms with E-state index >= 15 is 0 Å². The van der Waals surface area contributed by atoms with Crippen LogP contribution in [0.3, 0.4) is 0 Å². The fourth-order valence-corrected chi connectivity index (χ4v) is 3.14. The van der Waals surface area contributed by atoms with Crippen molar-refractivity contribution in [2.75, 3.05) is 34.3 Å². The van der Waals surface area contributed by atoms with Crippen LogP contribution in [-0.4, -0.2) is 51.2 Å². The standard InChI is InChI=1S/C20H32N4O/c1-21-20(23-13-18(24(2)3)16-10-11-16)22-12-17-6-4-5-7-19(17)25-14-15-8-9-15/h4-7,15-16,18H,8-14H2,1-3H3,(H2,21,22,23). The first-order chi connectivity index (χ1) is 12.2. The van der Waals surface area contributed by atoms with Crippen molar-refractivity contribution in [2.24, 2.45) is 16.8 Å². The van der Waals surface area contributed by atoms with Crippen molar-refractivity contribution in [2.45, 2.75) is 38.3 Å². The highest BCUT2D eigenvalue weighted by atomic mass is 16.5. The molecule has 1 aromatic rings. The molecule has 1 atom stereocenters. The summed E-state index contributed by atoms with van der Waals surface area (Å²) in [6.07, 6.45) is 5.32. The lowest BCUT2D eigenvalue weighted by molar-refractivity contribution is 0.264. The molecule has 0 radical (unpaired) electrons. The van der Waals surface area contributed by atoms with E-state index < -0.39 is 0 Å². The lowest BCUT2D eigenvalue weighted by Gasteiger charge is -2.25. The Labute approximate surface area is 151 Å². The molecule has 0 spiro atoms. The average molecular weight is 345 g/mol. The number of benzene rings is 1. The van der Waals surface area contributed by atoms with Gasteiger partial charge in [0.05, 0.1) is 6.61 Å². The van der Waals surface area contributed by atoms with Crippen molar-refractivity contribution >= 4 is 5.96 Å². The molecule has 0 amide bonds.